The lowest BCUT2D eigenvalue weighted by atomic mass is 10.1. The molecule has 0 aromatic heterocycles. The topological polar surface area (TPSA) is 58.4 Å². The highest BCUT2D eigenvalue weighted by molar-refractivity contribution is 5.95. The summed E-state index contributed by atoms with van der Waals surface area (Å²) in [7, 11) is 0. The summed E-state index contributed by atoms with van der Waals surface area (Å²) in [6, 6.07) is 7.77. The number of anilines is 1. The Morgan fingerprint density at radius 2 is 2.06 bits per heavy atom. The molecule has 0 heterocycles. The SMILES string of the molecule is CCN(CC)C(=O)c1cccc(NC(C)CN)c1. The summed E-state index contributed by atoms with van der Waals surface area (Å²) >= 11 is 0. The van der Waals surface area contributed by atoms with Gasteiger partial charge in [0.1, 0.15) is 0 Å². The van der Waals surface area contributed by atoms with E-state index < -0.39 is 0 Å². The highest BCUT2D eigenvalue weighted by atomic mass is 16.2. The van der Waals surface area contributed by atoms with Gasteiger partial charge in [0.15, 0.2) is 0 Å². The van der Waals surface area contributed by atoms with Gasteiger partial charge in [-0.05, 0) is 39.0 Å². The van der Waals surface area contributed by atoms with Crippen LogP contribution >= 0.6 is 0 Å². The summed E-state index contributed by atoms with van der Waals surface area (Å²) in [5.74, 6) is 0.0732. The number of nitrogens with zero attached hydrogens (tertiary/aromatic N) is 1. The van der Waals surface area contributed by atoms with Crippen molar-refractivity contribution >= 4 is 11.6 Å². The largest absolute Gasteiger partial charge is 0.381 e. The predicted octanol–water partition coefficient (Wildman–Crippen LogP) is 1.93. The lowest BCUT2D eigenvalue weighted by Crippen LogP contribution is -2.30. The summed E-state index contributed by atoms with van der Waals surface area (Å²) in [6.07, 6.45) is 0. The molecule has 4 heteroatoms. The number of benzene rings is 1. The lowest BCUT2D eigenvalue weighted by Gasteiger charge is -2.19. The van der Waals surface area contributed by atoms with Gasteiger partial charge in [-0.15, -0.1) is 0 Å². The molecule has 18 heavy (non-hydrogen) atoms. The Kier molecular flexibility index (Phi) is 5.65. The second-order valence-electron chi connectivity index (χ2n) is 4.34. The number of hydrogen-bond donors (Lipinski definition) is 2. The Balaban J connectivity index is 2.84. The third-order valence-electron chi connectivity index (χ3n) is 2.93. The van der Waals surface area contributed by atoms with Gasteiger partial charge >= 0.3 is 0 Å². The van der Waals surface area contributed by atoms with Gasteiger partial charge in [-0.1, -0.05) is 6.07 Å². The van der Waals surface area contributed by atoms with E-state index in [-0.39, 0.29) is 11.9 Å². The molecule has 3 N–H and O–H groups in total. The number of nitrogens with one attached hydrogen (secondary N) is 1. The second-order valence-corrected chi connectivity index (χ2v) is 4.34. The fourth-order valence-corrected chi connectivity index (χ4v) is 1.78. The summed E-state index contributed by atoms with van der Waals surface area (Å²) in [5.41, 5.74) is 7.22. The maximum atomic E-state index is 12.2. The van der Waals surface area contributed by atoms with E-state index in [0.29, 0.717) is 12.1 Å². The van der Waals surface area contributed by atoms with E-state index in [1.165, 1.54) is 0 Å². The highest BCUT2D eigenvalue weighted by Gasteiger charge is 2.12. The molecule has 1 unspecified atom stereocenters. The summed E-state index contributed by atoms with van der Waals surface area (Å²) in [6.45, 7) is 8.01. The molecule has 0 radical (unpaired) electrons. The van der Waals surface area contributed by atoms with Crippen LogP contribution in [0.15, 0.2) is 24.3 Å². The molecule has 4 nitrogen and oxygen atoms in total. The quantitative estimate of drug-likeness (QED) is 0.810. The Hall–Kier alpha value is -1.55. The maximum absolute atomic E-state index is 12.2. The molecule has 1 rings (SSSR count). The minimum atomic E-state index is 0.0732. The molecule has 100 valence electrons. The van der Waals surface area contributed by atoms with Gasteiger partial charge in [0.25, 0.3) is 5.91 Å². The first-order valence-corrected chi connectivity index (χ1v) is 6.48. The first kappa shape index (κ1) is 14.5. The average Bonchev–Trinajstić information content (AvgIpc) is 2.40. The van der Waals surface area contributed by atoms with Crippen LogP contribution in [0.2, 0.25) is 0 Å². The van der Waals surface area contributed by atoms with Gasteiger partial charge in [0.2, 0.25) is 0 Å². The van der Waals surface area contributed by atoms with Crippen LogP contribution in [0.25, 0.3) is 0 Å². The first-order chi connectivity index (χ1) is 8.62. The Bertz CT molecular complexity index is 388. The van der Waals surface area contributed by atoms with Crippen molar-refractivity contribution in [3.05, 3.63) is 29.8 Å². The van der Waals surface area contributed by atoms with Gasteiger partial charge in [-0.3, -0.25) is 4.79 Å². The van der Waals surface area contributed by atoms with Crippen molar-refractivity contribution in [1.82, 2.24) is 4.90 Å². The van der Waals surface area contributed by atoms with Crippen molar-refractivity contribution in [2.24, 2.45) is 5.73 Å². The number of carbonyl (C=O) groups excluding carboxylic acids is 1. The number of carbonyl (C=O) groups is 1. The molecule has 0 aliphatic heterocycles. The van der Waals surface area contributed by atoms with E-state index >= 15 is 0 Å². The molecule has 0 spiro atoms. The minimum Gasteiger partial charge on any atom is -0.381 e. The van der Waals surface area contributed by atoms with Crippen molar-refractivity contribution in [3.63, 3.8) is 0 Å². The molecule has 1 aromatic rings. The van der Waals surface area contributed by atoms with Crippen LogP contribution in [-0.2, 0) is 0 Å². The molecule has 0 bridgehead atoms. The number of hydrogen-bond acceptors (Lipinski definition) is 3. The van der Waals surface area contributed by atoms with Crippen LogP contribution in [0, 0.1) is 0 Å². The van der Waals surface area contributed by atoms with E-state index in [2.05, 4.69) is 5.32 Å². The van der Waals surface area contributed by atoms with Crippen LogP contribution in [-0.4, -0.2) is 36.5 Å². The molecule has 0 aliphatic rings. The van der Waals surface area contributed by atoms with Gasteiger partial charge in [-0.25, -0.2) is 0 Å². The number of nitrogens with two attached hydrogens (primary N) is 1. The van der Waals surface area contributed by atoms with Crippen LogP contribution in [0.5, 0.6) is 0 Å². The molecule has 1 amide bonds. The lowest BCUT2D eigenvalue weighted by molar-refractivity contribution is 0.0773. The summed E-state index contributed by atoms with van der Waals surface area (Å²) in [4.78, 5) is 14.0. The number of rotatable bonds is 6. The van der Waals surface area contributed by atoms with Crippen LogP contribution in [0.1, 0.15) is 31.1 Å². The zero-order valence-electron chi connectivity index (χ0n) is 11.4. The first-order valence-electron chi connectivity index (χ1n) is 6.48. The number of amides is 1. The van der Waals surface area contributed by atoms with Gasteiger partial charge in [0, 0.05) is 36.9 Å². The van der Waals surface area contributed by atoms with Crippen molar-refractivity contribution in [3.8, 4) is 0 Å². The van der Waals surface area contributed by atoms with Crippen LogP contribution in [0.4, 0.5) is 5.69 Å². The van der Waals surface area contributed by atoms with Crippen molar-refractivity contribution in [2.75, 3.05) is 25.0 Å². The zero-order valence-corrected chi connectivity index (χ0v) is 11.4. The van der Waals surface area contributed by atoms with Crippen LogP contribution < -0.4 is 11.1 Å². The van der Waals surface area contributed by atoms with E-state index in [1.807, 2.05) is 49.9 Å². The van der Waals surface area contributed by atoms with Gasteiger partial charge in [-0.2, -0.15) is 0 Å². The zero-order chi connectivity index (χ0) is 13.5. The highest BCUT2D eigenvalue weighted by Crippen LogP contribution is 2.13. The molecule has 0 aliphatic carbocycles. The molecular weight excluding hydrogens is 226 g/mol. The van der Waals surface area contributed by atoms with E-state index in [1.54, 1.807) is 0 Å². The maximum Gasteiger partial charge on any atom is 0.253 e. The Morgan fingerprint density at radius 3 is 2.61 bits per heavy atom. The minimum absolute atomic E-state index is 0.0732. The second kappa shape index (κ2) is 7.01. The normalized spacial score (nSPS) is 12.0. The fourth-order valence-electron chi connectivity index (χ4n) is 1.78. The van der Waals surface area contributed by atoms with Crippen LogP contribution in [0.3, 0.4) is 0 Å². The van der Waals surface area contributed by atoms with Gasteiger partial charge < -0.3 is 16.0 Å². The molecule has 0 saturated heterocycles. The predicted molar refractivity (Wildman–Crippen MR) is 75.8 cm³/mol. The molecule has 0 saturated carbocycles. The van der Waals surface area contributed by atoms with Gasteiger partial charge in [0.05, 0.1) is 0 Å². The molecule has 1 atom stereocenters. The Morgan fingerprint density at radius 1 is 1.39 bits per heavy atom. The van der Waals surface area contributed by atoms with E-state index in [9.17, 15) is 4.79 Å². The van der Waals surface area contributed by atoms with E-state index in [0.717, 1.165) is 18.8 Å². The summed E-state index contributed by atoms with van der Waals surface area (Å²) < 4.78 is 0. The third-order valence-corrected chi connectivity index (χ3v) is 2.93. The third kappa shape index (κ3) is 3.74. The average molecular weight is 249 g/mol. The molecular formula is C14H23N3O. The molecule has 0 fully saturated rings. The van der Waals surface area contributed by atoms with Crippen molar-refractivity contribution < 1.29 is 4.79 Å². The standard InChI is InChI=1S/C14H23N3O/c1-4-17(5-2)14(18)12-7-6-8-13(9-12)16-11(3)10-15/h6-9,11,16H,4-5,10,15H2,1-3H3. The van der Waals surface area contributed by atoms with Crippen molar-refractivity contribution in [2.45, 2.75) is 26.8 Å². The fraction of sp³-hybridized carbons (Fsp3) is 0.500. The smallest absolute Gasteiger partial charge is 0.253 e. The Labute approximate surface area is 109 Å². The van der Waals surface area contributed by atoms with E-state index in [4.69, 9.17) is 5.73 Å². The summed E-state index contributed by atoms with van der Waals surface area (Å²) in [5, 5.41) is 3.27. The van der Waals surface area contributed by atoms with Crippen molar-refractivity contribution in [1.29, 1.82) is 0 Å². The molecule has 1 aromatic carbocycles. The monoisotopic (exact) mass is 249 g/mol.